The summed E-state index contributed by atoms with van der Waals surface area (Å²) in [6.45, 7) is 4.17. The monoisotopic (exact) mass is 211 g/mol. The molecule has 1 N–H and O–H groups in total. The van der Waals surface area contributed by atoms with E-state index in [-0.39, 0.29) is 5.92 Å². The summed E-state index contributed by atoms with van der Waals surface area (Å²) >= 11 is 0. The van der Waals surface area contributed by atoms with Crippen molar-refractivity contribution in [1.82, 2.24) is 4.90 Å². The molecule has 1 aliphatic heterocycles. The van der Waals surface area contributed by atoms with Gasteiger partial charge >= 0.3 is 5.97 Å². The van der Waals surface area contributed by atoms with E-state index in [1.165, 1.54) is 25.8 Å². The zero-order chi connectivity index (χ0) is 10.8. The lowest BCUT2D eigenvalue weighted by Gasteiger charge is -2.20. The van der Waals surface area contributed by atoms with E-state index in [4.69, 9.17) is 5.11 Å². The van der Waals surface area contributed by atoms with E-state index in [0.29, 0.717) is 5.92 Å². The van der Waals surface area contributed by atoms with Crippen LogP contribution in [0.2, 0.25) is 0 Å². The zero-order valence-electron chi connectivity index (χ0n) is 9.48. The molecular formula is C12H21NO2. The summed E-state index contributed by atoms with van der Waals surface area (Å²) in [4.78, 5) is 13.5. The van der Waals surface area contributed by atoms with E-state index in [0.717, 1.165) is 25.4 Å². The Morgan fingerprint density at radius 2 is 2.00 bits per heavy atom. The lowest BCUT2D eigenvalue weighted by atomic mass is 9.88. The molecular weight excluding hydrogens is 190 g/mol. The minimum Gasteiger partial charge on any atom is -0.481 e. The third-order valence-corrected chi connectivity index (χ3v) is 3.97. The van der Waals surface area contributed by atoms with Crippen LogP contribution in [0.3, 0.4) is 0 Å². The van der Waals surface area contributed by atoms with E-state index in [1.807, 2.05) is 6.92 Å². The first-order valence-electron chi connectivity index (χ1n) is 6.15. The van der Waals surface area contributed by atoms with Gasteiger partial charge in [0.25, 0.3) is 0 Å². The van der Waals surface area contributed by atoms with Crippen LogP contribution in [0.1, 0.15) is 39.0 Å². The van der Waals surface area contributed by atoms with Gasteiger partial charge in [0.2, 0.25) is 0 Å². The quantitative estimate of drug-likeness (QED) is 0.776. The van der Waals surface area contributed by atoms with Gasteiger partial charge in [-0.2, -0.15) is 0 Å². The van der Waals surface area contributed by atoms with Crippen LogP contribution in [-0.4, -0.2) is 35.1 Å². The SMILES string of the molecule is CC(C(=O)O)C1CCCN(C2CC2)CC1. The number of carbonyl (C=O) groups is 1. The van der Waals surface area contributed by atoms with Gasteiger partial charge in [-0.3, -0.25) is 4.79 Å². The summed E-state index contributed by atoms with van der Waals surface area (Å²) in [7, 11) is 0. The van der Waals surface area contributed by atoms with Crippen molar-refractivity contribution in [3.05, 3.63) is 0 Å². The lowest BCUT2D eigenvalue weighted by Crippen LogP contribution is -2.27. The Hall–Kier alpha value is -0.570. The largest absolute Gasteiger partial charge is 0.481 e. The highest BCUT2D eigenvalue weighted by Crippen LogP contribution is 2.32. The number of carboxylic acid groups (broad SMARTS) is 1. The molecule has 86 valence electrons. The number of hydrogen-bond donors (Lipinski definition) is 1. The average molecular weight is 211 g/mol. The third kappa shape index (κ3) is 2.71. The minimum absolute atomic E-state index is 0.163. The second kappa shape index (κ2) is 4.52. The number of rotatable bonds is 3. The van der Waals surface area contributed by atoms with Gasteiger partial charge in [0.15, 0.2) is 0 Å². The number of likely N-dealkylation sites (tertiary alicyclic amines) is 1. The van der Waals surface area contributed by atoms with Crippen molar-refractivity contribution in [1.29, 1.82) is 0 Å². The van der Waals surface area contributed by atoms with Gasteiger partial charge in [-0.15, -0.1) is 0 Å². The fourth-order valence-corrected chi connectivity index (χ4v) is 2.65. The maximum Gasteiger partial charge on any atom is 0.306 e. The van der Waals surface area contributed by atoms with Gasteiger partial charge in [0, 0.05) is 6.04 Å². The summed E-state index contributed by atoms with van der Waals surface area (Å²) in [5, 5.41) is 9.00. The summed E-state index contributed by atoms with van der Waals surface area (Å²) in [6, 6.07) is 0.837. The highest BCUT2D eigenvalue weighted by molar-refractivity contribution is 5.69. The summed E-state index contributed by atoms with van der Waals surface area (Å²) < 4.78 is 0. The minimum atomic E-state index is -0.625. The zero-order valence-corrected chi connectivity index (χ0v) is 9.48. The topological polar surface area (TPSA) is 40.5 Å². The molecule has 0 aromatic carbocycles. The predicted molar refractivity (Wildman–Crippen MR) is 58.7 cm³/mol. The molecule has 1 heterocycles. The molecule has 2 atom stereocenters. The number of nitrogens with zero attached hydrogens (tertiary/aromatic N) is 1. The second-order valence-corrected chi connectivity index (χ2v) is 5.09. The second-order valence-electron chi connectivity index (χ2n) is 5.09. The molecule has 1 aliphatic carbocycles. The normalized spacial score (nSPS) is 30.9. The van der Waals surface area contributed by atoms with E-state index in [9.17, 15) is 4.79 Å². The molecule has 0 radical (unpaired) electrons. The number of hydrogen-bond acceptors (Lipinski definition) is 2. The maximum absolute atomic E-state index is 10.9. The fourth-order valence-electron chi connectivity index (χ4n) is 2.65. The first kappa shape index (κ1) is 10.9. The average Bonchev–Trinajstić information content (AvgIpc) is 3.02. The molecule has 15 heavy (non-hydrogen) atoms. The molecule has 0 bridgehead atoms. The molecule has 2 aliphatic rings. The van der Waals surface area contributed by atoms with E-state index in [1.54, 1.807) is 0 Å². The summed E-state index contributed by atoms with van der Waals surface area (Å²) in [5.74, 6) is -0.393. The Morgan fingerprint density at radius 1 is 1.27 bits per heavy atom. The number of carboxylic acids is 1. The van der Waals surface area contributed by atoms with Crippen LogP contribution in [0.5, 0.6) is 0 Å². The molecule has 1 saturated carbocycles. The van der Waals surface area contributed by atoms with Crippen LogP contribution in [0, 0.1) is 11.8 Å². The van der Waals surface area contributed by atoms with Crippen molar-refractivity contribution in [2.45, 2.75) is 45.1 Å². The van der Waals surface area contributed by atoms with Crippen LogP contribution in [-0.2, 0) is 4.79 Å². The Kier molecular flexibility index (Phi) is 3.29. The van der Waals surface area contributed by atoms with Crippen LogP contribution >= 0.6 is 0 Å². The van der Waals surface area contributed by atoms with Crippen molar-refractivity contribution in [2.24, 2.45) is 11.8 Å². The molecule has 2 unspecified atom stereocenters. The van der Waals surface area contributed by atoms with Crippen LogP contribution in [0.4, 0.5) is 0 Å². The van der Waals surface area contributed by atoms with Gasteiger partial charge in [-0.1, -0.05) is 6.92 Å². The summed E-state index contributed by atoms with van der Waals surface area (Å²) in [5.41, 5.74) is 0. The van der Waals surface area contributed by atoms with E-state index in [2.05, 4.69) is 4.90 Å². The molecule has 1 saturated heterocycles. The Bertz CT molecular complexity index is 238. The molecule has 0 spiro atoms. The fraction of sp³-hybridized carbons (Fsp3) is 0.917. The Balaban J connectivity index is 1.85. The van der Waals surface area contributed by atoms with Crippen LogP contribution < -0.4 is 0 Å². The van der Waals surface area contributed by atoms with Gasteiger partial charge < -0.3 is 10.0 Å². The van der Waals surface area contributed by atoms with Gasteiger partial charge in [-0.05, 0) is 51.1 Å². The molecule has 3 nitrogen and oxygen atoms in total. The maximum atomic E-state index is 10.9. The Labute approximate surface area is 91.5 Å². The van der Waals surface area contributed by atoms with Crippen molar-refractivity contribution in [3.8, 4) is 0 Å². The highest BCUT2D eigenvalue weighted by atomic mass is 16.4. The standard InChI is InChI=1S/C12H21NO2/c1-9(12(14)15)10-3-2-7-13(8-6-10)11-4-5-11/h9-11H,2-8H2,1H3,(H,14,15). The third-order valence-electron chi connectivity index (χ3n) is 3.97. The lowest BCUT2D eigenvalue weighted by molar-refractivity contribution is -0.143. The van der Waals surface area contributed by atoms with Gasteiger partial charge in [-0.25, -0.2) is 0 Å². The van der Waals surface area contributed by atoms with Crippen molar-refractivity contribution >= 4 is 5.97 Å². The van der Waals surface area contributed by atoms with E-state index < -0.39 is 5.97 Å². The first-order valence-corrected chi connectivity index (χ1v) is 6.15. The molecule has 2 rings (SSSR count). The van der Waals surface area contributed by atoms with Gasteiger partial charge in [0.05, 0.1) is 5.92 Å². The number of aliphatic carboxylic acids is 1. The van der Waals surface area contributed by atoms with Crippen molar-refractivity contribution < 1.29 is 9.90 Å². The first-order chi connectivity index (χ1) is 7.18. The molecule has 0 aromatic rings. The Morgan fingerprint density at radius 3 is 2.60 bits per heavy atom. The predicted octanol–water partition coefficient (Wildman–Crippen LogP) is 1.97. The molecule has 2 fully saturated rings. The molecule has 0 aromatic heterocycles. The van der Waals surface area contributed by atoms with E-state index >= 15 is 0 Å². The van der Waals surface area contributed by atoms with Crippen LogP contribution in [0.15, 0.2) is 0 Å². The smallest absolute Gasteiger partial charge is 0.306 e. The molecule has 0 amide bonds. The van der Waals surface area contributed by atoms with Crippen molar-refractivity contribution in [3.63, 3.8) is 0 Å². The highest BCUT2D eigenvalue weighted by Gasteiger charge is 2.32. The summed E-state index contributed by atoms with van der Waals surface area (Å²) in [6.07, 6.45) is 6.07. The molecule has 3 heteroatoms. The van der Waals surface area contributed by atoms with Crippen molar-refractivity contribution in [2.75, 3.05) is 13.1 Å². The van der Waals surface area contributed by atoms with Crippen LogP contribution in [0.25, 0.3) is 0 Å². The van der Waals surface area contributed by atoms with Gasteiger partial charge in [0.1, 0.15) is 0 Å².